The maximum Gasteiger partial charge on any atom is 0.140 e. The van der Waals surface area contributed by atoms with E-state index in [2.05, 4.69) is 15.9 Å². The summed E-state index contributed by atoms with van der Waals surface area (Å²) in [6.45, 7) is 3.14. The lowest BCUT2D eigenvalue weighted by atomic mass is 10.3. The van der Waals surface area contributed by atoms with Gasteiger partial charge < -0.3 is 4.57 Å². The number of fused-ring (bicyclic) bond motifs is 1. The summed E-state index contributed by atoms with van der Waals surface area (Å²) in [4.78, 5) is 0. The van der Waals surface area contributed by atoms with E-state index in [1.807, 2.05) is 17.6 Å². The zero-order chi connectivity index (χ0) is 10.4. The van der Waals surface area contributed by atoms with Crippen molar-refractivity contribution in [1.82, 2.24) is 14.2 Å². The summed E-state index contributed by atoms with van der Waals surface area (Å²) in [5.41, 5.74) is 3.39. The fraction of sp³-hybridized carbons (Fsp3) is 0.545. The molecule has 0 bridgehead atoms. The molecule has 0 radical (unpaired) electrons. The lowest BCUT2D eigenvalue weighted by Gasteiger charge is -2.02. The molecule has 3 nitrogen and oxygen atoms in total. The van der Waals surface area contributed by atoms with Crippen LogP contribution < -0.4 is 0 Å². The van der Waals surface area contributed by atoms with Crippen molar-refractivity contribution in [2.24, 2.45) is 5.92 Å². The molecule has 0 aliphatic heterocycles. The van der Waals surface area contributed by atoms with Gasteiger partial charge in [-0.15, -0.1) is 11.6 Å². The van der Waals surface area contributed by atoms with Crippen LogP contribution in [0.3, 0.4) is 0 Å². The fourth-order valence-corrected chi connectivity index (χ4v) is 2.39. The Morgan fingerprint density at radius 2 is 2.27 bits per heavy atom. The standard InChI is InChI=1S/C11H14ClN3/c1-8-10(6-12)11-14(7-9-2-3-9)4-5-15(11)13-8/h4-5,9H,2-3,6-7H2,1H3. The molecular weight excluding hydrogens is 210 g/mol. The van der Waals surface area contributed by atoms with Gasteiger partial charge in [-0.2, -0.15) is 5.10 Å². The van der Waals surface area contributed by atoms with Gasteiger partial charge in [-0.05, 0) is 25.7 Å². The van der Waals surface area contributed by atoms with E-state index in [4.69, 9.17) is 11.6 Å². The van der Waals surface area contributed by atoms with Gasteiger partial charge in [0.15, 0.2) is 0 Å². The molecule has 2 heterocycles. The minimum absolute atomic E-state index is 0.546. The van der Waals surface area contributed by atoms with Crippen LogP contribution in [0.2, 0.25) is 0 Å². The molecular formula is C11H14ClN3. The summed E-state index contributed by atoms with van der Waals surface area (Å²) in [6.07, 6.45) is 6.86. The van der Waals surface area contributed by atoms with E-state index in [0.717, 1.165) is 18.2 Å². The third kappa shape index (κ3) is 1.46. The summed E-state index contributed by atoms with van der Waals surface area (Å²) in [5.74, 6) is 1.42. The number of aryl methyl sites for hydroxylation is 1. The second-order valence-corrected chi connectivity index (χ2v) is 4.63. The van der Waals surface area contributed by atoms with E-state index < -0.39 is 0 Å². The van der Waals surface area contributed by atoms with E-state index in [1.165, 1.54) is 24.1 Å². The molecule has 0 spiro atoms. The summed E-state index contributed by atoms with van der Waals surface area (Å²) < 4.78 is 4.23. The van der Waals surface area contributed by atoms with Crippen molar-refractivity contribution in [3.05, 3.63) is 23.7 Å². The molecule has 0 unspecified atom stereocenters. The third-order valence-corrected chi connectivity index (χ3v) is 3.39. The molecule has 0 atom stereocenters. The van der Waals surface area contributed by atoms with Gasteiger partial charge in [0.1, 0.15) is 5.65 Å². The third-order valence-electron chi connectivity index (χ3n) is 3.13. The fourth-order valence-electron chi connectivity index (χ4n) is 2.07. The number of hydrogen-bond acceptors (Lipinski definition) is 1. The average molecular weight is 224 g/mol. The monoisotopic (exact) mass is 223 g/mol. The van der Waals surface area contributed by atoms with E-state index in [-0.39, 0.29) is 0 Å². The Bertz CT molecular complexity index is 493. The molecule has 1 aliphatic rings. The molecule has 2 aromatic rings. The van der Waals surface area contributed by atoms with Crippen molar-refractivity contribution < 1.29 is 0 Å². The Morgan fingerprint density at radius 3 is 2.93 bits per heavy atom. The Labute approximate surface area is 93.6 Å². The molecule has 1 saturated carbocycles. The Hall–Kier alpha value is -0.960. The Balaban J connectivity index is 2.11. The van der Waals surface area contributed by atoms with Crippen molar-refractivity contribution in [3.63, 3.8) is 0 Å². The first-order valence-corrected chi connectivity index (χ1v) is 5.92. The molecule has 0 aromatic carbocycles. The first-order valence-electron chi connectivity index (χ1n) is 5.38. The largest absolute Gasteiger partial charge is 0.331 e. The number of hydrogen-bond donors (Lipinski definition) is 0. The van der Waals surface area contributed by atoms with Crippen LogP contribution in [0.25, 0.3) is 5.65 Å². The normalized spacial score (nSPS) is 16.4. The number of nitrogens with zero attached hydrogens (tertiary/aromatic N) is 3. The number of aromatic nitrogens is 3. The van der Waals surface area contributed by atoms with Crippen LogP contribution in [-0.2, 0) is 12.4 Å². The first-order chi connectivity index (χ1) is 7.29. The highest BCUT2D eigenvalue weighted by Crippen LogP contribution is 2.32. The molecule has 0 amide bonds. The van der Waals surface area contributed by atoms with Crippen LogP contribution in [0.4, 0.5) is 0 Å². The number of alkyl halides is 1. The lowest BCUT2D eigenvalue weighted by molar-refractivity contribution is 0.643. The van der Waals surface area contributed by atoms with Crippen molar-refractivity contribution >= 4 is 17.2 Å². The van der Waals surface area contributed by atoms with Crippen LogP contribution in [0.5, 0.6) is 0 Å². The second kappa shape index (κ2) is 3.27. The smallest absolute Gasteiger partial charge is 0.140 e. The predicted octanol–water partition coefficient (Wildman–Crippen LogP) is 2.59. The SMILES string of the molecule is Cc1nn2ccn(CC3CC3)c2c1CCl. The molecule has 2 aromatic heterocycles. The van der Waals surface area contributed by atoms with Crippen LogP contribution in [-0.4, -0.2) is 14.2 Å². The van der Waals surface area contributed by atoms with Crippen LogP contribution in [0.15, 0.2) is 12.4 Å². The van der Waals surface area contributed by atoms with Crippen molar-refractivity contribution in [2.75, 3.05) is 0 Å². The van der Waals surface area contributed by atoms with Gasteiger partial charge in [0.2, 0.25) is 0 Å². The van der Waals surface area contributed by atoms with Crippen LogP contribution in [0.1, 0.15) is 24.1 Å². The molecule has 80 valence electrons. The van der Waals surface area contributed by atoms with Gasteiger partial charge >= 0.3 is 0 Å². The van der Waals surface area contributed by atoms with Gasteiger partial charge in [0.05, 0.1) is 11.6 Å². The predicted molar refractivity (Wildman–Crippen MR) is 60.2 cm³/mol. The van der Waals surface area contributed by atoms with Crippen molar-refractivity contribution in [2.45, 2.75) is 32.2 Å². The van der Waals surface area contributed by atoms with E-state index in [1.54, 1.807) is 0 Å². The van der Waals surface area contributed by atoms with Gasteiger partial charge in [-0.25, -0.2) is 4.52 Å². The second-order valence-electron chi connectivity index (χ2n) is 4.36. The molecule has 0 N–H and O–H groups in total. The summed E-state index contributed by atoms with van der Waals surface area (Å²) in [5, 5.41) is 4.44. The highest BCUT2D eigenvalue weighted by Gasteiger charge is 2.23. The number of halogens is 1. The molecule has 0 saturated heterocycles. The van der Waals surface area contributed by atoms with Gasteiger partial charge in [-0.1, -0.05) is 0 Å². The van der Waals surface area contributed by atoms with E-state index in [0.29, 0.717) is 5.88 Å². The van der Waals surface area contributed by atoms with Gasteiger partial charge in [0, 0.05) is 24.5 Å². The summed E-state index contributed by atoms with van der Waals surface area (Å²) >= 11 is 5.97. The topological polar surface area (TPSA) is 22.2 Å². The minimum atomic E-state index is 0.546. The zero-order valence-corrected chi connectivity index (χ0v) is 9.54. The number of imidazole rings is 1. The maximum atomic E-state index is 5.97. The minimum Gasteiger partial charge on any atom is -0.331 e. The quantitative estimate of drug-likeness (QED) is 0.734. The zero-order valence-electron chi connectivity index (χ0n) is 8.78. The Morgan fingerprint density at radius 1 is 1.47 bits per heavy atom. The lowest BCUT2D eigenvalue weighted by Crippen LogP contribution is -1.99. The van der Waals surface area contributed by atoms with Crippen LogP contribution >= 0.6 is 11.6 Å². The van der Waals surface area contributed by atoms with Crippen molar-refractivity contribution in [1.29, 1.82) is 0 Å². The molecule has 1 aliphatic carbocycles. The molecule has 1 fully saturated rings. The van der Waals surface area contributed by atoms with Crippen LogP contribution in [0, 0.1) is 12.8 Å². The maximum absolute atomic E-state index is 5.97. The highest BCUT2D eigenvalue weighted by atomic mass is 35.5. The van der Waals surface area contributed by atoms with E-state index in [9.17, 15) is 0 Å². The first kappa shape index (κ1) is 9.28. The molecule has 15 heavy (non-hydrogen) atoms. The van der Waals surface area contributed by atoms with Gasteiger partial charge in [-0.3, -0.25) is 0 Å². The average Bonchev–Trinajstić information content (AvgIpc) is 2.86. The van der Waals surface area contributed by atoms with Crippen molar-refractivity contribution in [3.8, 4) is 0 Å². The number of rotatable bonds is 3. The summed E-state index contributed by atoms with van der Waals surface area (Å²) in [7, 11) is 0. The summed E-state index contributed by atoms with van der Waals surface area (Å²) in [6, 6.07) is 0. The van der Waals surface area contributed by atoms with E-state index >= 15 is 0 Å². The highest BCUT2D eigenvalue weighted by molar-refractivity contribution is 6.17. The molecule has 4 heteroatoms. The van der Waals surface area contributed by atoms with Gasteiger partial charge in [0.25, 0.3) is 0 Å². The molecule has 3 rings (SSSR count). The Kier molecular flexibility index (Phi) is 2.02.